The summed E-state index contributed by atoms with van der Waals surface area (Å²) in [6.45, 7) is 0.564. The molecule has 160 valence electrons. The third-order valence-corrected chi connectivity index (χ3v) is 5.57. The van der Waals surface area contributed by atoms with Gasteiger partial charge in [0.15, 0.2) is 0 Å². The number of pyridine rings is 1. The summed E-state index contributed by atoms with van der Waals surface area (Å²) in [4.78, 5) is 24.4. The summed E-state index contributed by atoms with van der Waals surface area (Å²) in [6, 6.07) is 13.5. The van der Waals surface area contributed by atoms with E-state index in [0.29, 0.717) is 30.6 Å². The monoisotopic (exact) mass is 425 g/mol. The highest BCUT2D eigenvalue weighted by atomic mass is 19.1. The van der Waals surface area contributed by atoms with Gasteiger partial charge in [0, 0.05) is 24.4 Å². The van der Waals surface area contributed by atoms with Crippen LogP contribution >= 0.6 is 0 Å². The van der Waals surface area contributed by atoms with Gasteiger partial charge in [-0.1, -0.05) is 24.3 Å². The van der Waals surface area contributed by atoms with E-state index in [1.807, 2.05) is 0 Å². The lowest BCUT2D eigenvalue weighted by atomic mass is 9.84. The fourth-order valence-electron chi connectivity index (χ4n) is 3.99. The normalized spacial score (nSPS) is 18.2. The Balaban J connectivity index is 1.67. The highest BCUT2D eigenvalue weighted by Gasteiger charge is 2.41. The fourth-order valence-corrected chi connectivity index (χ4v) is 3.99. The largest absolute Gasteiger partial charge is 0.465 e. The minimum Gasteiger partial charge on any atom is -0.465 e. The lowest BCUT2D eigenvalue weighted by Crippen LogP contribution is -2.32. The standard InChI is InChI=1S/C24H21F2NO4/c1-30-23(29)17-5-3-16(4-6-17)14-27-15-21(26)20(13-22(27)28)24(11-2-12-31-24)18-7-9-19(25)10-8-18/h3-10,13,15H,2,11-12,14H2,1H3. The number of hydrogen-bond donors (Lipinski definition) is 0. The van der Waals surface area contributed by atoms with Crippen LogP contribution in [0.4, 0.5) is 8.78 Å². The summed E-state index contributed by atoms with van der Waals surface area (Å²) in [5.74, 6) is -1.43. The van der Waals surface area contributed by atoms with Crippen molar-refractivity contribution in [3.8, 4) is 0 Å². The zero-order valence-corrected chi connectivity index (χ0v) is 16.9. The van der Waals surface area contributed by atoms with Crippen molar-refractivity contribution in [2.75, 3.05) is 13.7 Å². The van der Waals surface area contributed by atoms with Gasteiger partial charge in [-0.15, -0.1) is 0 Å². The van der Waals surface area contributed by atoms with Crippen LogP contribution in [0.25, 0.3) is 0 Å². The maximum Gasteiger partial charge on any atom is 0.337 e. The van der Waals surface area contributed by atoms with Crippen molar-refractivity contribution in [2.24, 2.45) is 0 Å². The lowest BCUT2D eigenvalue weighted by molar-refractivity contribution is 0.0327. The van der Waals surface area contributed by atoms with Crippen LogP contribution in [-0.4, -0.2) is 24.3 Å². The van der Waals surface area contributed by atoms with E-state index in [1.165, 1.54) is 36.1 Å². The van der Waals surface area contributed by atoms with Crippen molar-refractivity contribution >= 4 is 5.97 Å². The first-order valence-corrected chi connectivity index (χ1v) is 9.91. The first kappa shape index (κ1) is 20.9. The summed E-state index contributed by atoms with van der Waals surface area (Å²) >= 11 is 0. The Morgan fingerprint density at radius 1 is 1.13 bits per heavy atom. The molecule has 5 nitrogen and oxygen atoms in total. The van der Waals surface area contributed by atoms with Gasteiger partial charge in [-0.2, -0.15) is 0 Å². The van der Waals surface area contributed by atoms with Gasteiger partial charge < -0.3 is 14.0 Å². The van der Waals surface area contributed by atoms with Crippen molar-refractivity contribution in [2.45, 2.75) is 25.0 Å². The molecule has 0 aliphatic carbocycles. The summed E-state index contributed by atoms with van der Waals surface area (Å²) in [7, 11) is 1.30. The van der Waals surface area contributed by atoms with Crippen LogP contribution < -0.4 is 5.56 Å². The highest BCUT2D eigenvalue weighted by Crippen LogP contribution is 2.42. The van der Waals surface area contributed by atoms with E-state index in [4.69, 9.17) is 4.74 Å². The van der Waals surface area contributed by atoms with Crippen LogP contribution in [0.2, 0.25) is 0 Å². The van der Waals surface area contributed by atoms with Crippen LogP contribution in [0, 0.1) is 11.6 Å². The van der Waals surface area contributed by atoms with Crippen molar-refractivity contribution < 1.29 is 23.0 Å². The van der Waals surface area contributed by atoms with E-state index in [0.717, 1.165) is 5.56 Å². The predicted molar refractivity (Wildman–Crippen MR) is 110 cm³/mol. The number of hydrogen-bond acceptors (Lipinski definition) is 4. The van der Waals surface area contributed by atoms with E-state index >= 15 is 4.39 Å². The molecule has 4 rings (SSSR count). The summed E-state index contributed by atoms with van der Waals surface area (Å²) in [6.07, 6.45) is 2.36. The molecule has 0 amide bonds. The Morgan fingerprint density at radius 3 is 2.45 bits per heavy atom. The molecule has 1 aliphatic rings. The first-order chi connectivity index (χ1) is 14.9. The van der Waals surface area contributed by atoms with Gasteiger partial charge in [-0.3, -0.25) is 4.79 Å². The Labute approximate surface area is 177 Å². The van der Waals surface area contributed by atoms with Gasteiger partial charge in [0.2, 0.25) is 0 Å². The zero-order chi connectivity index (χ0) is 22.0. The Morgan fingerprint density at radius 2 is 1.84 bits per heavy atom. The number of carbonyl (C=O) groups excluding carboxylic acids is 1. The average Bonchev–Trinajstić information content (AvgIpc) is 3.27. The van der Waals surface area contributed by atoms with Crippen molar-refractivity contribution in [3.63, 3.8) is 0 Å². The van der Waals surface area contributed by atoms with E-state index < -0.39 is 23.2 Å². The van der Waals surface area contributed by atoms with E-state index in [2.05, 4.69) is 4.74 Å². The summed E-state index contributed by atoms with van der Waals surface area (Å²) in [5.41, 5.74) is 0.384. The number of benzene rings is 2. The molecule has 7 heteroatoms. The summed E-state index contributed by atoms with van der Waals surface area (Å²) in [5, 5.41) is 0. The molecular formula is C24H21F2NO4. The molecule has 0 radical (unpaired) electrons. The molecule has 0 N–H and O–H groups in total. The van der Waals surface area contributed by atoms with Gasteiger partial charge in [0.1, 0.15) is 17.2 Å². The maximum atomic E-state index is 15.2. The summed E-state index contributed by atoms with van der Waals surface area (Å²) < 4.78 is 40.5. The van der Waals surface area contributed by atoms with E-state index in [1.54, 1.807) is 36.4 Å². The number of carbonyl (C=O) groups is 1. The predicted octanol–water partition coefficient (Wildman–Crippen LogP) is 4.02. The minimum atomic E-state index is -1.11. The number of nitrogens with zero attached hydrogens (tertiary/aromatic N) is 1. The van der Waals surface area contributed by atoms with Gasteiger partial charge >= 0.3 is 5.97 Å². The third kappa shape index (κ3) is 4.01. The molecule has 2 aromatic carbocycles. The van der Waals surface area contributed by atoms with Gasteiger partial charge in [0.05, 0.1) is 19.2 Å². The maximum absolute atomic E-state index is 15.2. The average molecular weight is 425 g/mol. The Bertz CT molecular complexity index is 1150. The quantitative estimate of drug-likeness (QED) is 0.580. The SMILES string of the molecule is COC(=O)c1ccc(Cn2cc(F)c(C3(c4ccc(F)cc4)CCCO3)cc2=O)cc1. The molecule has 1 aliphatic heterocycles. The molecule has 1 unspecified atom stereocenters. The second-order valence-electron chi connectivity index (χ2n) is 7.48. The number of ether oxygens (including phenoxy) is 2. The van der Waals surface area contributed by atoms with Crippen LogP contribution in [0.15, 0.2) is 65.6 Å². The number of aromatic nitrogens is 1. The van der Waals surface area contributed by atoms with Crippen LogP contribution in [0.1, 0.15) is 39.9 Å². The smallest absolute Gasteiger partial charge is 0.337 e. The third-order valence-electron chi connectivity index (χ3n) is 5.57. The molecule has 3 aromatic rings. The van der Waals surface area contributed by atoms with E-state index in [9.17, 15) is 14.0 Å². The van der Waals surface area contributed by atoms with Crippen molar-refractivity contribution in [1.82, 2.24) is 4.57 Å². The molecule has 0 bridgehead atoms. The second-order valence-corrected chi connectivity index (χ2v) is 7.48. The Hall–Kier alpha value is -3.32. The van der Waals surface area contributed by atoms with Crippen molar-refractivity contribution in [1.29, 1.82) is 0 Å². The molecular weight excluding hydrogens is 404 g/mol. The van der Waals surface area contributed by atoms with Crippen LogP contribution in [0.5, 0.6) is 0 Å². The number of esters is 1. The topological polar surface area (TPSA) is 57.5 Å². The molecule has 1 fully saturated rings. The molecule has 1 atom stereocenters. The number of rotatable bonds is 5. The number of halogens is 2. The zero-order valence-electron chi connectivity index (χ0n) is 16.9. The second kappa shape index (κ2) is 8.43. The molecule has 1 saturated heterocycles. The minimum absolute atomic E-state index is 0.141. The van der Waals surface area contributed by atoms with Gasteiger partial charge in [-0.05, 0) is 48.2 Å². The van der Waals surface area contributed by atoms with Crippen LogP contribution in [-0.2, 0) is 21.6 Å². The highest BCUT2D eigenvalue weighted by molar-refractivity contribution is 5.89. The van der Waals surface area contributed by atoms with Gasteiger partial charge in [0.25, 0.3) is 5.56 Å². The molecule has 31 heavy (non-hydrogen) atoms. The fraction of sp³-hybridized carbons (Fsp3) is 0.250. The molecule has 0 saturated carbocycles. The van der Waals surface area contributed by atoms with Crippen LogP contribution in [0.3, 0.4) is 0 Å². The number of methoxy groups -OCH3 is 1. The lowest BCUT2D eigenvalue weighted by Gasteiger charge is -2.30. The van der Waals surface area contributed by atoms with Gasteiger partial charge in [-0.25, -0.2) is 13.6 Å². The Kier molecular flexibility index (Phi) is 5.69. The first-order valence-electron chi connectivity index (χ1n) is 9.91. The van der Waals surface area contributed by atoms with Crippen molar-refractivity contribution in [3.05, 3.63) is 105 Å². The van der Waals surface area contributed by atoms with E-state index in [-0.39, 0.29) is 17.7 Å². The molecule has 2 heterocycles. The molecule has 0 spiro atoms. The molecule has 1 aromatic heterocycles.